The topological polar surface area (TPSA) is 91.8 Å². The van der Waals surface area contributed by atoms with Crippen molar-refractivity contribution < 1.29 is 40.1 Å². The van der Waals surface area contributed by atoms with Crippen molar-refractivity contribution >= 4 is 21.9 Å². The molecular weight excluding hydrogens is 466 g/mol. The van der Waals surface area contributed by atoms with Crippen LogP contribution in [0.25, 0.3) is 0 Å². The van der Waals surface area contributed by atoms with Crippen LogP contribution < -0.4 is 0 Å². The van der Waals surface area contributed by atoms with Gasteiger partial charge in [-0.3, -0.25) is 19.0 Å². The average Bonchev–Trinajstić information content (AvgIpc) is 3.02. The van der Waals surface area contributed by atoms with Crippen LogP contribution in [-0.2, 0) is 19.7 Å². The molecule has 1 heterocycles. The van der Waals surface area contributed by atoms with Crippen molar-refractivity contribution in [1.29, 1.82) is 0 Å². The monoisotopic (exact) mass is 483 g/mol. The lowest BCUT2D eigenvalue weighted by molar-refractivity contribution is -0.168. The van der Waals surface area contributed by atoms with Gasteiger partial charge in [-0.15, -0.1) is 0 Å². The third-order valence-corrected chi connectivity index (χ3v) is 7.89. The fraction of sp³-hybridized carbons (Fsp3) is 0.364. The Bertz CT molecular complexity index is 1180. The summed E-state index contributed by atoms with van der Waals surface area (Å²) in [7, 11) is -6.41. The van der Waals surface area contributed by atoms with Gasteiger partial charge in [0.05, 0.1) is 11.8 Å². The molecule has 0 radical (unpaired) electrons. The van der Waals surface area contributed by atoms with Gasteiger partial charge >= 0.3 is 21.3 Å². The molecule has 2 aromatic rings. The van der Waals surface area contributed by atoms with E-state index in [1.165, 1.54) is 0 Å². The van der Waals surface area contributed by atoms with Gasteiger partial charge < -0.3 is 0 Å². The van der Waals surface area contributed by atoms with Crippen LogP contribution in [0.2, 0.25) is 0 Å². The van der Waals surface area contributed by atoms with Gasteiger partial charge in [-0.1, -0.05) is 48.5 Å². The first-order valence-corrected chi connectivity index (χ1v) is 11.6. The summed E-state index contributed by atoms with van der Waals surface area (Å²) in [6.45, 7) is -1.10. The Balaban J connectivity index is 1.51. The van der Waals surface area contributed by atoms with Gasteiger partial charge in [0.25, 0.3) is 0 Å². The normalized spacial score (nSPS) is 26.3. The first kappa shape index (κ1) is 22.0. The zero-order valence-electron chi connectivity index (χ0n) is 16.8. The lowest BCUT2D eigenvalue weighted by atomic mass is 9.55. The molecule has 2 atom stereocenters. The molecule has 2 bridgehead atoms. The van der Waals surface area contributed by atoms with E-state index in [4.69, 9.17) is 4.55 Å². The van der Waals surface area contributed by atoms with E-state index >= 15 is 0 Å². The molecule has 0 saturated carbocycles. The van der Waals surface area contributed by atoms with Crippen molar-refractivity contribution in [3.63, 3.8) is 0 Å². The molecule has 2 amide bonds. The average molecular weight is 483 g/mol. The summed E-state index contributed by atoms with van der Waals surface area (Å²) in [6.07, 6.45) is -1.81. The number of benzene rings is 2. The van der Waals surface area contributed by atoms with E-state index in [2.05, 4.69) is 0 Å². The van der Waals surface area contributed by atoms with Crippen LogP contribution >= 0.6 is 0 Å². The number of hydrogen-bond acceptors (Lipinski definition) is 4. The molecule has 1 N–H and O–H groups in total. The first-order chi connectivity index (χ1) is 15.4. The third-order valence-electron chi connectivity index (χ3n) is 6.94. The maximum atomic E-state index is 14.0. The number of nitrogens with zero attached hydrogens (tertiary/aromatic N) is 1. The van der Waals surface area contributed by atoms with Crippen LogP contribution in [0.3, 0.4) is 0 Å². The fourth-order valence-corrected chi connectivity index (χ4v) is 6.03. The van der Waals surface area contributed by atoms with E-state index in [0.717, 1.165) is 22.3 Å². The first-order valence-electron chi connectivity index (χ1n) is 10.1. The zero-order valence-corrected chi connectivity index (χ0v) is 17.6. The molecule has 1 saturated heterocycles. The minimum Gasteiger partial charge on any atom is -0.282 e. The number of likely N-dealkylation sites (tertiary alicyclic amines) is 1. The molecule has 0 spiro atoms. The highest BCUT2D eigenvalue weighted by molar-refractivity contribution is 7.87. The summed E-state index contributed by atoms with van der Waals surface area (Å²) in [5.41, 5.74) is 3.42. The van der Waals surface area contributed by atoms with Crippen LogP contribution in [0.4, 0.5) is 17.6 Å². The highest BCUT2D eigenvalue weighted by Gasteiger charge is 2.66. The molecule has 1 aliphatic heterocycles. The van der Waals surface area contributed by atoms with Gasteiger partial charge in [-0.05, 0) is 22.3 Å². The summed E-state index contributed by atoms with van der Waals surface area (Å²) in [5, 5.41) is -5.76. The number of carbonyl (C=O) groups excluding carboxylic acids is 2. The summed E-state index contributed by atoms with van der Waals surface area (Å²) >= 11 is 0. The summed E-state index contributed by atoms with van der Waals surface area (Å²) < 4.78 is 85.3. The third kappa shape index (κ3) is 2.84. The van der Waals surface area contributed by atoms with Crippen molar-refractivity contribution in [3.05, 3.63) is 70.8 Å². The Morgan fingerprint density at radius 2 is 1.15 bits per heavy atom. The highest BCUT2D eigenvalue weighted by Crippen LogP contribution is 2.61. The number of carbonyl (C=O) groups is 2. The number of alkyl halides is 4. The second kappa shape index (κ2) is 6.86. The smallest absolute Gasteiger partial charge is 0.282 e. The van der Waals surface area contributed by atoms with Crippen LogP contribution in [-0.4, -0.2) is 47.4 Å². The molecule has 2 aromatic carbocycles. The fourth-order valence-electron chi connectivity index (χ4n) is 5.55. The standard InChI is InChI=1S/C22H17F4NO5S/c23-21(24,22(25,26)33(30,31)32)9-10-27-19(28)17-15-11-5-1-2-6-12(11)16(18(17)20(27)29)14-8-4-3-7-13(14)15/h1-8,15-18H,9-10H2,(H,30,31,32). The Hall–Kier alpha value is -2.79. The molecule has 174 valence electrons. The van der Waals surface area contributed by atoms with Crippen LogP contribution in [0, 0.1) is 11.8 Å². The SMILES string of the molecule is O=C1C2C3c4ccccc4C(c4ccccc43)C2C(=O)N1CCC(F)(F)C(F)(F)S(=O)(=O)O. The highest BCUT2D eigenvalue weighted by atomic mass is 32.2. The van der Waals surface area contributed by atoms with Gasteiger partial charge in [-0.2, -0.15) is 26.0 Å². The van der Waals surface area contributed by atoms with E-state index in [1.54, 1.807) is 24.3 Å². The van der Waals surface area contributed by atoms with Gasteiger partial charge in [-0.25, -0.2) is 0 Å². The Kier molecular flexibility index (Phi) is 4.58. The number of rotatable bonds is 5. The van der Waals surface area contributed by atoms with E-state index < -0.39 is 69.7 Å². The molecule has 0 aromatic heterocycles. The molecule has 6 nitrogen and oxygen atoms in total. The van der Waals surface area contributed by atoms with Gasteiger partial charge in [0.1, 0.15) is 0 Å². The van der Waals surface area contributed by atoms with Crippen molar-refractivity contribution in [2.24, 2.45) is 11.8 Å². The Morgan fingerprint density at radius 3 is 1.48 bits per heavy atom. The molecule has 4 aliphatic rings. The molecule has 33 heavy (non-hydrogen) atoms. The minimum absolute atomic E-state index is 0.492. The Morgan fingerprint density at radius 1 is 0.788 bits per heavy atom. The molecule has 3 aliphatic carbocycles. The molecular formula is C22H17F4NO5S. The zero-order chi connectivity index (χ0) is 23.9. The van der Waals surface area contributed by atoms with Crippen molar-refractivity contribution in [2.75, 3.05) is 6.54 Å². The molecule has 1 fully saturated rings. The number of hydrogen-bond donors (Lipinski definition) is 1. The number of imide groups is 1. The summed E-state index contributed by atoms with van der Waals surface area (Å²) in [6, 6.07) is 14.6. The van der Waals surface area contributed by atoms with E-state index in [0.29, 0.717) is 4.90 Å². The van der Waals surface area contributed by atoms with Crippen molar-refractivity contribution in [3.8, 4) is 0 Å². The maximum Gasteiger partial charge on any atom is 0.431 e. The predicted octanol–water partition coefficient (Wildman–Crippen LogP) is 3.38. The van der Waals surface area contributed by atoms with E-state index in [-0.39, 0.29) is 0 Å². The van der Waals surface area contributed by atoms with Gasteiger partial charge in [0.15, 0.2) is 0 Å². The van der Waals surface area contributed by atoms with Crippen LogP contribution in [0.5, 0.6) is 0 Å². The largest absolute Gasteiger partial charge is 0.431 e. The van der Waals surface area contributed by atoms with Crippen LogP contribution in [0.15, 0.2) is 48.5 Å². The minimum atomic E-state index is -6.41. The maximum absolute atomic E-state index is 14.0. The van der Waals surface area contributed by atoms with Crippen molar-refractivity contribution in [2.45, 2.75) is 29.4 Å². The molecule has 11 heteroatoms. The second-order valence-electron chi connectivity index (χ2n) is 8.54. The van der Waals surface area contributed by atoms with Gasteiger partial charge in [0, 0.05) is 24.8 Å². The molecule has 6 rings (SSSR count). The predicted molar refractivity (Wildman–Crippen MR) is 106 cm³/mol. The van der Waals surface area contributed by atoms with E-state index in [1.807, 2.05) is 24.3 Å². The quantitative estimate of drug-likeness (QED) is 0.400. The van der Waals surface area contributed by atoms with Gasteiger partial charge in [0.2, 0.25) is 11.8 Å². The Labute approximate surface area is 185 Å². The lowest BCUT2D eigenvalue weighted by Crippen LogP contribution is -2.49. The lowest BCUT2D eigenvalue weighted by Gasteiger charge is -2.45. The number of amides is 2. The summed E-state index contributed by atoms with van der Waals surface area (Å²) in [4.78, 5) is 27.0. The number of halogens is 4. The van der Waals surface area contributed by atoms with Crippen molar-refractivity contribution in [1.82, 2.24) is 4.90 Å². The van der Waals surface area contributed by atoms with E-state index in [9.17, 15) is 35.6 Å². The van der Waals surface area contributed by atoms with Crippen LogP contribution in [0.1, 0.15) is 40.5 Å². The molecule has 2 unspecified atom stereocenters. The second-order valence-corrected chi connectivity index (χ2v) is 10.0. The summed E-state index contributed by atoms with van der Waals surface area (Å²) in [5.74, 6) is -9.43.